The van der Waals surface area contributed by atoms with E-state index in [2.05, 4.69) is 43.9 Å². The molecule has 2 fully saturated rings. The van der Waals surface area contributed by atoms with Gasteiger partial charge in [0.25, 0.3) is 0 Å². The number of hydrogen-bond donors (Lipinski definition) is 1. The molecule has 0 bridgehead atoms. The molecule has 0 spiro atoms. The van der Waals surface area contributed by atoms with Crippen molar-refractivity contribution in [1.82, 2.24) is 34.5 Å². The highest BCUT2D eigenvalue weighted by Crippen LogP contribution is 2.09. The van der Waals surface area contributed by atoms with Crippen LogP contribution in [0.15, 0.2) is 0 Å². The fourth-order valence-corrected chi connectivity index (χ4v) is 2.99. The van der Waals surface area contributed by atoms with Crippen LogP contribution < -0.4 is 5.84 Å². The summed E-state index contributed by atoms with van der Waals surface area (Å²) in [5.41, 5.74) is 0. The van der Waals surface area contributed by atoms with Gasteiger partial charge in [0, 0.05) is 52.4 Å². The first-order chi connectivity index (χ1) is 10.6. The first kappa shape index (κ1) is 15.7. The topological polar surface area (TPSA) is 69.7 Å². The lowest BCUT2D eigenvalue weighted by molar-refractivity contribution is 0.142. The minimum Gasteiger partial charge on any atom is -0.336 e. The first-order valence-corrected chi connectivity index (χ1v) is 8.12. The number of hydrogen-bond acceptors (Lipinski definition) is 7. The zero-order valence-corrected chi connectivity index (χ0v) is 13.8. The lowest BCUT2D eigenvalue weighted by atomic mass is 10.3. The summed E-state index contributed by atoms with van der Waals surface area (Å²) in [7, 11) is 4.33. The SMILES string of the molecule is CN1CCN(Cc2nnc(CN3CCN(C)CC3)n2N)CC1. The number of likely N-dealkylation sites (N-methyl/N-ethyl adjacent to an activating group) is 2. The van der Waals surface area contributed by atoms with Crippen molar-refractivity contribution < 1.29 is 0 Å². The minimum atomic E-state index is 0.792. The van der Waals surface area contributed by atoms with Crippen molar-refractivity contribution in [1.29, 1.82) is 0 Å². The summed E-state index contributed by atoms with van der Waals surface area (Å²) in [5, 5.41) is 8.61. The fraction of sp³-hybridized carbons (Fsp3) is 0.857. The van der Waals surface area contributed by atoms with Gasteiger partial charge >= 0.3 is 0 Å². The van der Waals surface area contributed by atoms with Crippen LogP contribution in [0.5, 0.6) is 0 Å². The fourth-order valence-electron chi connectivity index (χ4n) is 2.99. The third-order valence-electron chi connectivity index (χ3n) is 4.76. The summed E-state index contributed by atoms with van der Waals surface area (Å²) < 4.78 is 1.69. The van der Waals surface area contributed by atoms with E-state index in [1.54, 1.807) is 4.68 Å². The van der Waals surface area contributed by atoms with E-state index in [9.17, 15) is 0 Å². The lowest BCUT2D eigenvalue weighted by Gasteiger charge is -2.32. The van der Waals surface area contributed by atoms with E-state index in [-0.39, 0.29) is 0 Å². The summed E-state index contributed by atoms with van der Waals surface area (Å²) in [6.07, 6.45) is 0. The normalized spacial score (nSPS) is 23.2. The molecule has 22 heavy (non-hydrogen) atoms. The Labute approximate surface area is 132 Å². The lowest BCUT2D eigenvalue weighted by Crippen LogP contribution is -2.45. The van der Waals surface area contributed by atoms with Crippen molar-refractivity contribution in [3.63, 3.8) is 0 Å². The van der Waals surface area contributed by atoms with E-state index < -0.39 is 0 Å². The van der Waals surface area contributed by atoms with Crippen molar-refractivity contribution in [3.05, 3.63) is 11.6 Å². The Hall–Kier alpha value is -1.22. The molecule has 1 aromatic heterocycles. The minimum absolute atomic E-state index is 0.792. The van der Waals surface area contributed by atoms with Crippen LogP contribution in [0.2, 0.25) is 0 Å². The number of nitrogen functional groups attached to an aromatic ring is 1. The second-order valence-corrected chi connectivity index (χ2v) is 6.56. The van der Waals surface area contributed by atoms with Gasteiger partial charge in [-0.25, -0.2) is 4.68 Å². The maximum Gasteiger partial charge on any atom is 0.165 e. The van der Waals surface area contributed by atoms with Crippen LogP contribution >= 0.6 is 0 Å². The van der Waals surface area contributed by atoms with Crippen LogP contribution in [0.3, 0.4) is 0 Å². The van der Waals surface area contributed by atoms with Gasteiger partial charge in [-0.15, -0.1) is 10.2 Å². The maximum absolute atomic E-state index is 6.21. The second kappa shape index (κ2) is 6.91. The molecule has 8 nitrogen and oxygen atoms in total. The van der Waals surface area contributed by atoms with E-state index in [1.807, 2.05) is 0 Å². The largest absolute Gasteiger partial charge is 0.336 e. The molecule has 0 unspecified atom stereocenters. The van der Waals surface area contributed by atoms with Gasteiger partial charge in [0.2, 0.25) is 0 Å². The van der Waals surface area contributed by atoms with Crippen LogP contribution in [0.4, 0.5) is 0 Å². The first-order valence-electron chi connectivity index (χ1n) is 8.12. The van der Waals surface area contributed by atoms with Crippen molar-refractivity contribution in [2.24, 2.45) is 0 Å². The Morgan fingerprint density at radius 3 is 1.45 bits per heavy atom. The van der Waals surface area contributed by atoms with Crippen LogP contribution in [0.25, 0.3) is 0 Å². The molecule has 124 valence electrons. The van der Waals surface area contributed by atoms with E-state index in [0.29, 0.717) is 0 Å². The average molecular weight is 308 g/mol. The summed E-state index contributed by atoms with van der Waals surface area (Å²) in [6.45, 7) is 10.3. The van der Waals surface area contributed by atoms with Gasteiger partial charge in [-0.05, 0) is 14.1 Å². The summed E-state index contributed by atoms with van der Waals surface area (Å²) in [6, 6.07) is 0. The zero-order chi connectivity index (χ0) is 15.5. The second-order valence-electron chi connectivity index (χ2n) is 6.56. The third kappa shape index (κ3) is 3.75. The molecule has 2 saturated heterocycles. The highest BCUT2D eigenvalue weighted by Gasteiger charge is 2.20. The summed E-state index contributed by atoms with van der Waals surface area (Å²) in [4.78, 5) is 9.49. The van der Waals surface area contributed by atoms with Gasteiger partial charge in [0.1, 0.15) is 0 Å². The Balaban J connectivity index is 1.55. The molecule has 0 atom stereocenters. The van der Waals surface area contributed by atoms with Crippen molar-refractivity contribution in [2.75, 3.05) is 72.3 Å². The predicted molar refractivity (Wildman–Crippen MR) is 85.7 cm³/mol. The highest BCUT2D eigenvalue weighted by molar-refractivity contribution is 4.97. The van der Waals surface area contributed by atoms with E-state index >= 15 is 0 Å². The van der Waals surface area contributed by atoms with Gasteiger partial charge in [-0.1, -0.05) is 0 Å². The maximum atomic E-state index is 6.21. The molecule has 2 N–H and O–H groups in total. The molecule has 3 rings (SSSR count). The monoisotopic (exact) mass is 308 g/mol. The zero-order valence-electron chi connectivity index (χ0n) is 13.8. The Bertz CT molecular complexity index is 430. The number of aromatic nitrogens is 3. The number of nitrogens with two attached hydrogens (primary N) is 1. The molecule has 0 amide bonds. The van der Waals surface area contributed by atoms with Gasteiger partial charge < -0.3 is 15.6 Å². The van der Waals surface area contributed by atoms with Crippen LogP contribution in [0.1, 0.15) is 11.6 Å². The number of rotatable bonds is 4. The van der Waals surface area contributed by atoms with Crippen molar-refractivity contribution in [2.45, 2.75) is 13.1 Å². The van der Waals surface area contributed by atoms with Crippen LogP contribution in [0, 0.1) is 0 Å². The van der Waals surface area contributed by atoms with Crippen LogP contribution in [-0.4, -0.2) is 101 Å². The average Bonchev–Trinajstić information content (AvgIpc) is 2.85. The van der Waals surface area contributed by atoms with Gasteiger partial charge in [-0.2, -0.15) is 0 Å². The predicted octanol–water partition coefficient (Wildman–Crippen LogP) is -1.51. The van der Waals surface area contributed by atoms with Gasteiger partial charge in [0.15, 0.2) is 11.6 Å². The van der Waals surface area contributed by atoms with Crippen LogP contribution in [-0.2, 0) is 13.1 Å². The Morgan fingerprint density at radius 1 is 0.727 bits per heavy atom. The molecule has 2 aliphatic rings. The van der Waals surface area contributed by atoms with Gasteiger partial charge in [-0.3, -0.25) is 9.80 Å². The smallest absolute Gasteiger partial charge is 0.165 e. The quantitative estimate of drug-likeness (QED) is 0.678. The third-order valence-corrected chi connectivity index (χ3v) is 4.76. The Morgan fingerprint density at radius 2 is 1.09 bits per heavy atom. The van der Waals surface area contributed by atoms with E-state index in [0.717, 1.165) is 77.1 Å². The van der Waals surface area contributed by atoms with Crippen molar-refractivity contribution >= 4 is 0 Å². The molecule has 0 saturated carbocycles. The molecule has 0 aliphatic carbocycles. The summed E-state index contributed by atoms with van der Waals surface area (Å²) in [5.74, 6) is 7.95. The van der Waals surface area contributed by atoms with Crippen molar-refractivity contribution in [3.8, 4) is 0 Å². The number of piperazine rings is 2. The molecular weight excluding hydrogens is 280 g/mol. The molecule has 1 aromatic rings. The standard InChI is InChI=1S/C14H28N8/c1-18-3-7-20(8-4-18)11-13-16-17-14(22(13)15)12-21-9-5-19(2)6-10-21/h3-12,15H2,1-2H3. The molecular formula is C14H28N8. The molecule has 0 radical (unpaired) electrons. The molecule has 0 aromatic carbocycles. The molecule has 8 heteroatoms. The van der Waals surface area contributed by atoms with Gasteiger partial charge in [0.05, 0.1) is 13.1 Å². The highest BCUT2D eigenvalue weighted by atomic mass is 15.4. The number of nitrogens with zero attached hydrogens (tertiary/aromatic N) is 7. The molecule has 2 aliphatic heterocycles. The Kier molecular flexibility index (Phi) is 4.92. The van der Waals surface area contributed by atoms with E-state index in [4.69, 9.17) is 5.84 Å². The summed E-state index contributed by atoms with van der Waals surface area (Å²) >= 11 is 0. The molecule has 3 heterocycles. The van der Waals surface area contributed by atoms with E-state index in [1.165, 1.54) is 0 Å².